The molecule has 0 aliphatic carbocycles. The standard InChI is InChI=1S/C27H40ClN5O2S/c1-18-15-24(28)32-20(3)25(18)27(34)31-9-5-19(2)33-11-6-22(7-12-33)23(16-21-8-14-36-17-21)26(29)30-10-13-35-4/h8,14-15,17,19,22-23H,5-7,9-13,16H2,1-4H3,(H2,29,30)(H,31,34)/t19-,23?/m1/s1. The van der Waals surface area contributed by atoms with Crippen molar-refractivity contribution in [1.82, 2.24) is 20.5 Å². The average Bonchev–Trinajstić information content (AvgIpc) is 3.35. The monoisotopic (exact) mass is 533 g/mol. The Morgan fingerprint density at radius 2 is 2.06 bits per heavy atom. The number of piperidine rings is 1. The summed E-state index contributed by atoms with van der Waals surface area (Å²) in [5.41, 5.74) is 3.44. The average molecular weight is 534 g/mol. The molecule has 0 radical (unpaired) electrons. The molecular formula is C27H40ClN5O2S. The van der Waals surface area contributed by atoms with Gasteiger partial charge in [0.15, 0.2) is 0 Å². The molecule has 7 nitrogen and oxygen atoms in total. The summed E-state index contributed by atoms with van der Waals surface area (Å²) in [6.45, 7) is 9.88. The van der Waals surface area contributed by atoms with Crippen LogP contribution in [0.3, 0.4) is 0 Å². The molecule has 1 aliphatic heterocycles. The van der Waals surface area contributed by atoms with Crippen molar-refractivity contribution in [2.24, 2.45) is 11.8 Å². The molecular weight excluding hydrogens is 494 g/mol. The Labute approximate surface area is 224 Å². The number of thiophene rings is 1. The molecule has 1 amide bonds. The number of amidine groups is 1. The molecule has 2 atom stereocenters. The van der Waals surface area contributed by atoms with Gasteiger partial charge in [0, 0.05) is 32.2 Å². The number of carbonyl (C=O) groups is 1. The van der Waals surface area contributed by atoms with Gasteiger partial charge in [0.1, 0.15) is 5.15 Å². The minimum absolute atomic E-state index is 0.0872. The van der Waals surface area contributed by atoms with E-state index in [1.165, 1.54) is 5.56 Å². The third-order valence-corrected chi connectivity index (χ3v) is 8.16. The van der Waals surface area contributed by atoms with Crippen LogP contribution in [-0.2, 0) is 11.2 Å². The number of hydrogen-bond acceptors (Lipinski definition) is 6. The lowest BCUT2D eigenvalue weighted by Gasteiger charge is -2.39. The molecule has 3 rings (SSSR count). The summed E-state index contributed by atoms with van der Waals surface area (Å²) >= 11 is 7.72. The molecule has 9 heteroatoms. The quantitative estimate of drug-likeness (QED) is 0.159. The van der Waals surface area contributed by atoms with E-state index in [1.54, 1.807) is 24.5 Å². The molecule has 3 heterocycles. The number of nitrogens with one attached hydrogen (secondary N) is 3. The lowest BCUT2D eigenvalue weighted by molar-refractivity contribution is 0.0937. The van der Waals surface area contributed by atoms with Crippen molar-refractivity contribution >= 4 is 34.7 Å². The fraction of sp³-hybridized carbons (Fsp3) is 0.593. The molecule has 1 aliphatic rings. The van der Waals surface area contributed by atoms with Crippen molar-refractivity contribution in [3.05, 3.63) is 50.4 Å². The van der Waals surface area contributed by atoms with E-state index in [9.17, 15) is 4.79 Å². The maximum absolute atomic E-state index is 12.7. The summed E-state index contributed by atoms with van der Waals surface area (Å²) in [6, 6.07) is 4.29. The summed E-state index contributed by atoms with van der Waals surface area (Å²) in [5.74, 6) is 1.23. The third-order valence-electron chi connectivity index (χ3n) is 7.24. The zero-order valence-corrected chi connectivity index (χ0v) is 23.5. The van der Waals surface area contributed by atoms with Crippen LogP contribution in [0.1, 0.15) is 53.4 Å². The van der Waals surface area contributed by atoms with E-state index < -0.39 is 0 Å². The van der Waals surface area contributed by atoms with Crippen LogP contribution in [0.2, 0.25) is 5.15 Å². The minimum atomic E-state index is -0.0872. The summed E-state index contributed by atoms with van der Waals surface area (Å²) in [6.07, 6.45) is 3.96. The second-order valence-electron chi connectivity index (χ2n) is 9.76. The fourth-order valence-electron chi connectivity index (χ4n) is 5.14. The number of carbonyl (C=O) groups excluding carboxylic acids is 1. The van der Waals surface area contributed by atoms with E-state index in [1.807, 2.05) is 13.8 Å². The molecule has 0 saturated carbocycles. The topological polar surface area (TPSA) is 90.3 Å². The van der Waals surface area contributed by atoms with Crippen LogP contribution in [0.15, 0.2) is 22.9 Å². The first kappa shape index (κ1) is 28.6. The largest absolute Gasteiger partial charge is 0.383 e. The van der Waals surface area contributed by atoms with Crippen LogP contribution < -0.4 is 10.6 Å². The predicted octanol–water partition coefficient (Wildman–Crippen LogP) is 4.71. The highest BCUT2D eigenvalue weighted by molar-refractivity contribution is 7.07. The van der Waals surface area contributed by atoms with Gasteiger partial charge in [-0.05, 0) is 99.5 Å². The number of halogens is 1. The van der Waals surface area contributed by atoms with E-state index in [-0.39, 0.29) is 11.8 Å². The van der Waals surface area contributed by atoms with Crippen LogP contribution in [-0.4, -0.2) is 67.6 Å². The number of aryl methyl sites for hydroxylation is 2. The van der Waals surface area contributed by atoms with Crippen molar-refractivity contribution in [1.29, 1.82) is 5.41 Å². The van der Waals surface area contributed by atoms with Crippen LogP contribution >= 0.6 is 22.9 Å². The smallest absolute Gasteiger partial charge is 0.253 e. The molecule has 0 spiro atoms. The van der Waals surface area contributed by atoms with Gasteiger partial charge >= 0.3 is 0 Å². The predicted molar refractivity (Wildman–Crippen MR) is 149 cm³/mol. The van der Waals surface area contributed by atoms with Gasteiger partial charge in [0.25, 0.3) is 5.91 Å². The molecule has 0 aromatic carbocycles. The molecule has 1 saturated heterocycles. The number of pyridine rings is 1. The van der Waals surface area contributed by atoms with E-state index >= 15 is 0 Å². The Morgan fingerprint density at radius 3 is 2.69 bits per heavy atom. The van der Waals surface area contributed by atoms with E-state index in [0.29, 0.717) is 53.9 Å². The van der Waals surface area contributed by atoms with E-state index in [4.69, 9.17) is 21.7 Å². The first-order valence-corrected chi connectivity index (χ1v) is 14.1. The molecule has 36 heavy (non-hydrogen) atoms. The molecule has 1 fully saturated rings. The van der Waals surface area contributed by atoms with Crippen LogP contribution in [0.25, 0.3) is 0 Å². The number of methoxy groups -OCH3 is 1. The summed E-state index contributed by atoms with van der Waals surface area (Å²) in [4.78, 5) is 19.5. The van der Waals surface area contributed by atoms with E-state index in [2.05, 4.69) is 44.3 Å². The van der Waals surface area contributed by atoms with Gasteiger partial charge in [-0.25, -0.2) is 4.98 Å². The highest BCUT2D eigenvalue weighted by Crippen LogP contribution is 2.30. The number of likely N-dealkylation sites (tertiary alicyclic amines) is 1. The van der Waals surface area contributed by atoms with Crippen LogP contribution in [0.5, 0.6) is 0 Å². The first-order chi connectivity index (χ1) is 17.3. The van der Waals surface area contributed by atoms with Crippen molar-refractivity contribution in [3.8, 4) is 0 Å². The minimum Gasteiger partial charge on any atom is -0.383 e. The number of ether oxygens (including phenoxy) is 1. The van der Waals surface area contributed by atoms with Gasteiger partial charge in [0.2, 0.25) is 0 Å². The maximum Gasteiger partial charge on any atom is 0.253 e. The van der Waals surface area contributed by atoms with Gasteiger partial charge in [-0.15, -0.1) is 0 Å². The molecule has 1 unspecified atom stereocenters. The number of amides is 1. The Morgan fingerprint density at radius 1 is 1.31 bits per heavy atom. The number of rotatable bonds is 12. The zero-order chi connectivity index (χ0) is 26.1. The molecule has 2 aromatic heterocycles. The Kier molecular flexibility index (Phi) is 11.2. The summed E-state index contributed by atoms with van der Waals surface area (Å²) < 4.78 is 5.15. The lowest BCUT2D eigenvalue weighted by atomic mass is 9.80. The number of aromatic nitrogens is 1. The molecule has 0 bridgehead atoms. The van der Waals surface area contributed by atoms with Crippen LogP contribution in [0, 0.1) is 31.1 Å². The second-order valence-corrected chi connectivity index (χ2v) is 10.9. The van der Waals surface area contributed by atoms with Gasteiger partial charge in [0.05, 0.1) is 23.7 Å². The molecule has 3 N–H and O–H groups in total. The van der Waals surface area contributed by atoms with Gasteiger partial charge < -0.3 is 20.3 Å². The SMILES string of the molecule is COCCNC(=N)C(Cc1ccsc1)C1CCN([C@H](C)CCNC(=O)c2c(C)cc(Cl)nc2C)CC1. The maximum atomic E-state index is 12.7. The third kappa shape index (κ3) is 8.00. The Balaban J connectivity index is 1.48. The van der Waals surface area contributed by atoms with Crippen LogP contribution in [0.4, 0.5) is 0 Å². The fourth-order valence-corrected chi connectivity index (χ4v) is 6.11. The normalized spacial score (nSPS) is 16.5. The van der Waals surface area contributed by atoms with Gasteiger partial charge in [-0.1, -0.05) is 11.6 Å². The summed E-state index contributed by atoms with van der Waals surface area (Å²) in [7, 11) is 1.69. The Bertz CT molecular complexity index is 969. The summed E-state index contributed by atoms with van der Waals surface area (Å²) in [5, 5.41) is 19.8. The number of nitrogens with zero attached hydrogens (tertiary/aromatic N) is 2. The van der Waals surface area contributed by atoms with Crippen molar-refractivity contribution in [2.75, 3.05) is 39.9 Å². The van der Waals surface area contributed by atoms with Gasteiger partial charge in [-0.2, -0.15) is 11.3 Å². The van der Waals surface area contributed by atoms with Crippen molar-refractivity contribution < 1.29 is 9.53 Å². The van der Waals surface area contributed by atoms with E-state index in [0.717, 1.165) is 44.3 Å². The lowest BCUT2D eigenvalue weighted by Crippen LogP contribution is -2.45. The van der Waals surface area contributed by atoms with Crippen molar-refractivity contribution in [2.45, 2.75) is 52.5 Å². The number of hydrogen-bond donors (Lipinski definition) is 3. The van der Waals surface area contributed by atoms with Crippen molar-refractivity contribution in [3.63, 3.8) is 0 Å². The highest BCUT2D eigenvalue weighted by Gasteiger charge is 2.31. The second kappa shape index (κ2) is 14.1. The first-order valence-electron chi connectivity index (χ1n) is 12.8. The highest BCUT2D eigenvalue weighted by atomic mass is 35.5. The Hall–Kier alpha value is -2.00. The molecule has 198 valence electrons. The van der Waals surface area contributed by atoms with Gasteiger partial charge in [-0.3, -0.25) is 10.2 Å². The molecule has 2 aromatic rings. The zero-order valence-electron chi connectivity index (χ0n) is 21.9.